The summed E-state index contributed by atoms with van der Waals surface area (Å²) in [4.78, 5) is 33.0. The third-order valence-electron chi connectivity index (χ3n) is 5.79. The van der Waals surface area contributed by atoms with Crippen LogP contribution in [0.3, 0.4) is 0 Å². The first-order valence-corrected chi connectivity index (χ1v) is 10.7. The normalized spacial score (nSPS) is 16.9. The van der Waals surface area contributed by atoms with E-state index in [0.29, 0.717) is 6.54 Å². The second-order valence-corrected chi connectivity index (χ2v) is 8.96. The molecule has 2 aromatic rings. The zero-order valence-corrected chi connectivity index (χ0v) is 17.6. The molecule has 2 aliphatic heterocycles. The van der Waals surface area contributed by atoms with Crippen LogP contribution in [-0.4, -0.2) is 54.3 Å². The fourth-order valence-electron chi connectivity index (χ4n) is 4.07. The van der Waals surface area contributed by atoms with Gasteiger partial charge < -0.3 is 14.7 Å². The molecule has 148 valence electrons. The number of benzene rings is 1. The van der Waals surface area contributed by atoms with Gasteiger partial charge in [-0.3, -0.25) is 9.59 Å². The highest BCUT2D eigenvalue weighted by molar-refractivity contribution is 7.14. The van der Waals surface area contributed by atoms with E-state index >= 15 is 0 Å². The zero-order chi connectivity index (χ0) is 19.8. The van der Waals surface area contributed by atoms with Crippen LogP contribution >= 0.6 is 11.3 Å². The van der Waals surface area contributed by atoms with Crippen LogP contribution < -0.4 is 4.90 Å². The van der Waals surface area contributed by atoms with Crippen LogP contribution in [0.1, 0.15) is 38.2 Å². The molecule has 0 N–H and O–H groups in total. The zero-order valence-electron chi connectivity index (χ0n) is 16.8. The lowest BCUT2D eigenvalue weighted by Gasteiger charge is -2.36. The van der Waals surface area contributed by atoms with E-state index in [0.717, 1.165) is 49.6 Å². The molecule has 3 heterocycles. The van der Waals surface area contributed by atoms with Crippen molar-refractivity contribution < 1.29 is 9.59 Å². The Balaban J connectivity index is 1.42. The lowest BCUT2D eigenvalue weighted by molar-refractivity contribution is -0.129. The third-order valence-corrected chi connectivity index (χ3v) is 7.02. The van der Waals surface area contributed by atoms with Crippen molar-refractivity contribution in [2.75, 3.05) is 37.6 Å². The molecule has 1 aromatic heterocycles. The molecular formula is C22H27N3O2S. The minimum absolute atomic E-state index is 0.104. The Kier molecular flexibility index (Phi) is 5.15. The van der Waals surface area contributed by atoms with Crippen LogP contribution in [0, 0.1) is 13.8 Å². The van der Waals surface area contributed by atoms with Gasteiger partial charge in [0.25, 0.3) is 5.91 Å². The minimum Gasteiger partial charge on any atom is -0.368 e. The van der Waals surface area contributed by atoms with Crippen LogP contribution in [0.5, 0.6) is 0 Å². The highest BCUT2D eigenvalue weighted by Crippen LogP contribution is 2.30. The van der Waals surface area contributed by atoms with E-state index in [1.807, 2.05) is 15.9 Å². The largest absolute Gasteiger partial charge is 0.368 e. The Hall–Kier alpha value is -2.34. The van der Waals surface area contributed by atoms with Crippen molar-refractivity contribution in [2.45, 2.75) is 33.7 Å². The average molecular weight is 398 g/mol. The summed E-state index contributed by atoms with van der Waals surface area (Å²) >= 11 is 1.61. The van der Waals surface area contributed by atoms with Gasteiger partial charge in [0.15, 0.2) is 0 Å². The summed E-state index contributed by atoms with van der Waals surface area (Å²) in [6, 6.07) is 8.56. The number of thiophene rings is 1. The molecule has 28 heavy (non-hydrogen) atoms. The molecule has 0 bridgehead atoms. The molecule has 0 atom stereocenters. The summed E-state index contributed by atoms with van der Waals surface area (Å²) in [5, 5.41) is 0. The molecule has 1 aromatic carbocycles. The van der Waals surface area contributed by atoms with Crippen LogP contribution in [0.4, 0.5) is 5.69 Å². The van der Waals surface area contributed by atoms with Crippen molar-refractivity contribution in [2.24, 2.45) is 0 Å². The van der Waals surface area contributed by atoms with Crippen LogP contribution in [-0.2, 0) is 17.8 Å². The van der Waals surface area contributed by atoms with Crippen LogP contribution in [0.15, 0.2) is 24.3 Å². The smallest absolute Gasteiger partial charge is 0.264 e. The SMILES string of the molecule is CC(=O)N1CCc2sc(C(=O)N3CCN(c4cc(C)ccc4C)CC3)cc2C1. The molecular weight excluding hydrogens is 370 g/mol. The first-order valence-electron chi connectivity index (χ1n) is 9.91. The lowest BCUT2D eigenvalue weighted by Crippen LogP contribution is -2.48. The van der Waals surface area contributed by atoms with Gasteiger partial charge in [-0.15, -0.1) is 11.3 Å². The number of carbonyl (C=O) groups is 2. The van der Waals surface area contributed by atoms with Crippen molar-refractivity contribution in [1.29, 1.82) is 0 Å². The van der Waals surface area contributed by atoms with E-state index in [4.69, 9.17) is 0 Å². The minimum atomic E-state index is 0.104. The Morgan fingerprint density at radius 3 is 2.43 bits per heavy atom. The number of carbonyl (C=O) groups excluding carboxylic acids is 2. The molecule has 0 saturated carbocycles. The topological polar surface area (TPSA) is 43.9 Å². The number of hydrogen-bond acceptors (Lipinski definition) is 4. The summed E-state index contributed by atoms with van der Waals surface area (Å²) in [6.07, 6.45) is 0.854. The van der Waals surface area contributed by atoms with Gasteiger partial charge >= 0.3 is 0 Å². The van der Waals surface area contributed by atoms with E-state index in [-0.39, 0.29) is 11.8 Å². The molecule has 0 unspecified atom stereocenters. The maximum absolute atomic E-state index is 13.0. The number of fused-ring (bicyclic) bond motifs is 1. The molecule has 4 rings (SSSR count). The maximum Gasteiger partial charge on any atom is 0.264 e. The highest BCUT2D eigenvalue weighted by Gasteiger charge is 2.27. The Bertz CT molecular complexity index is 913. The molecule has 0 radical (unpaired) electrons. The van der Waals surface area contributed by atoms with E-state index in [2.05, 4.69) is 36.9 Å². The average Bonchev–Trinajstić information content (AvgIpc) is 3.12. The summed E-state index contributed by atoms with van der Waals surface area (Å²) in [5.41, 5.74) is 4.97. The number of rotatable bonds is 2. The first-order chi connectivity index (χ1) is 13.4. The van der Waals surface area contributed by atoms with Gasteiger partial charge in [0, 0.05) is 56.8 Å². The van der Waals surface area contributed by atoms with Crippen LogP contribution in [0.25, 0.3) is 0 Å². The molecule has 2 aliphatic rings. The highest BCUT2D eigenvalue weighted by atomic mass is 32.1. The van der Waals surface area contributed by atoms with Crippen molar-refractivity contribution in [3.05, 3.63) is 50.7 Å². The Morgan fingerprint density at radius 1 is 0.964 bits per heavy atom. The predicted octanol–water partition coefficient (Wildman–Crippen LogP) is 3.23. The van der Waals surface area contributed by atoms with Gasteiger partial charge in [0.05, 0.1) is 4.88 Å². The van der Waals surface area contributed by atoms with Gasteiger partial charge in [0.1, 0.15) is 0 Å². The van der Waals surface area contributed by atoms with Crippen molar-refractivity contribution in [3.8, 4) is 0 Å². The third kappa shape index (κ3) is 3.65. The van der Waals surface area contributed by atoms with Crippen molar-refractivity contribution in [1.82, 2.24) is 9.80 Å². The number of anilines is 1. The number of nitrogens with zero attached hydrogens (tertiary/aromatic N) is 3. The summed E-state index contributed by atoms with van der Waals surface area (Å²) in [7, 11) is 0. The maximum atomic E-state index is 13.0. The molecule has 5 nitrogen and oxygen atoms in total. The molecule has 0 spiro atoms. The second kappa shape index (κ2) is 7.59. The van der Waals surface area contributed by atoms with Gasteiger partial charge in [0.2, 0.25) is 5.91 Å². The van der Waals surface area contributed by atoms with Gasteiger partial charge in [-0.1, -0.05) is 12.1 Å². The fraction of sp³-hybridized carbons (Fsp3) is 0.455. The number of piperazine rings is 1. The predicted molar refractivity (Wildman–Crippen MR) is 113 cm³/mol. The molecule has 1 fully saturated rings. The molecule has 0 aliphatic carbocycles. The fourth-order valence-corrected chi connectivity index (χ4v) is 5.20. The van der Waals surface area contributed by atoms with E-state index in [9.17, 15) is 9.59 Å². The van der Waals surface area contributed by atoms with Gasteiger partial charge in [-0.05, 0) is 49.1 Å². The summed E-state index contributed by atoms with van der Waals surface area (Å²) < 4.78 is 0. The first kappa shape index (κ1) is 19.0. The number of hydrogen-bond donors (Lipinski definition) is 0. The van der Waals surface area contributed by atoms with E-state index in [1.165, 1.54) is 21.7 Å². The number of aryl methyl sites for hydroxylation is 2. The summed E-state index contributed by atoms with van der Waals surface area (Å²) in [6.45, 7) is 10.5. The molecule has 6 heteroatoms. The monoisotopic (exact) mass is 397 g/mol. The van der Waals surface area contributed by atoms with Crippen LogP contribution in [0.2, 0.25) is 0 Å². The standard InChI is InChI=1S/C22H27N3O2S/c1-15-4-5-16(2)19(12-15)23-8-10-24(11-9-23)22(27)21-13-18-14-25(17(3)26)7-6-20(18)28-21/h4-5,12-13H,6-11,14H2,1-3H3. The second-order valence-electron chi connectivity index (χ2n) is 7.82. The van der Waals surface area contributed by atoms with Gasteiger partial charge in [-0.25, -0.2) is 0 Å². The quantitative estimate of drug-likeness (QED) is 0.781. The summed E-state index contributed by atoms with van der Waals surface area (Å²) in [5.74, 6) is 0.238. The van der Waals surface area contributed by atoms with Crippen molar-refractivity contribution >= 4 is 28.8 Å². The van der Waals surface area contributed by atoms with E-state index < -0.39 is 0 Å². The Morgan fingerprint density at radius 2 is 1.71 bits per heavy atom. The van der Waals surface area contributed by atoms with E-state index in [1.54, 1.807) is 18.3 Å². The molecule has 2 amide bonds. The Labute approximate surface area is 170 Å². The molecule has 1 saturated heterocycles. The number of amides is 2. The van der Waals surface area contributed by atoms with Gasteiger partial charge in [-0.2, -0.15) is 0 Å². The van der Waals surface area contributed by atoms with Crippen molar-refractivity contribution in [3.63, 3.8) is 0 Å². The lowest BCUT2D eigenvalue weighted by atomic mass is 10.1.